The molecule has 1 aromatic carbocycles. The van der Waals surface area contributed by atoms with Crippen LogP contribution in [0.25, 0.3) is 10.8 Å². The highest BCUT2D eigenvalue weighted by molar-refractivity contribution is 7.80. The first-order valence-corrected chi connectivity index (χ1v) is 6.99. The number of nitrogens with two attached hydrogens (primary N) is 1. The van der Waals surface area contributed by atoms with E-state index in [4.69, 9.17) is 18.0 Å². The number of aromatic nitrogens is 1. The summed E-state index contributed by atoms with van der Waals surface area (Å²) in [6.07, 6.45) is 4.12. The van der Waals surface area contributed by atoms with Crippen molar-refractivity contribution in [1.29, 1.82) is 0 Å². The van der Waals surface area contributed by atoms with Gasteiger partial charge in [0.05, 0.1) is 4.99 Å². The Morgan fingerprint density at radius 1 is 1.25 bits per heavy atom. The van der Waals surface area contributed by atoms with Crippen molar-refractivity contribution < 1.29 is 4.79 Å². The smallest absolute Gasteiger partial charge is 0.270 e. The Labute approximate surface area is 123 Å². The molecule has 1 aromatic heterocycles. The second kappa shape index (κ2) is 6.96. The van der Waals surface area contributed by atoms with E-state index >= 15 is 0 Å². The zero-order valence-corrected chi connectivity index (χ0v) is 12.0. The number of unbranched alkanes of at least 4 members (excludes halogenated alkanes) is 1. The van der Waals surface area contributed by atoms with Crippen molar-refractivity contribution >= 4 is 33.9 Å². The Bertz CT molecular complexity index is 622. The summed E-state index contributed by atoms with van der Waals surface area (Å²) in [7, 11) is 0. The minimum absolute atomic E-state index is 0.142. The van der Waals surface area contributed by atoms with Crippen LogP contribution in [0.2, 0.25) is 0 Å². The number of hydrogen-bond donors (Lipinski definition) is 2. The number of carbonyl (C=O) groups is 1. The van der Waals surface area contributed by atoms with Crippen LogP contribution < -0.4 is 11.1 Å². The highest BCUT2D eigenvalue weighted by Crippen LogP contribution is 2.15. The molecule has 0 radical (unpaired) electrons. The summed E-state index contributed by atoms with van der Waals surface area (Å²) >= 11 is 4.81. The maximum atomic E-state index is 12.1. The number of fused-ring (bicyclic) bond motifs is 1. The topological polar surface area (TPSA) is 68.0 Å². The Morgan fingerprint density at radius 3 is 2.85 bits per heavy atom. The first-order chi connectivity index (χ1) is 9.68. The maximum absolute atomic E-state index is 12.1. The van der Waals surface area contributed by atoms with Crippen LogP contribution in [0.5, 0.6) is 0 Å². The van der Waals surface area contributed by atoms with Crippen molar-refractivity contribution in [1.82, 2.24) is 10.3 Å². The molecule has 0 unspecified atom stereocenters. The van der Waals surface area contributed by atoms with E-state index < -0.39 is 0 Å². The Balaban J connectivity index is 1.96. The van der Waals surface area contributed by atoms with Crippen LogP contribution in [0.3, 0.4) is 0 Å². The van der Waals surface area contributed by atoms with Gasteiger partial charge in [-0.25, -0.2) is 0 Å². The van der Waals surface area contributed by atoms with Gasteiger partial charge in [0.25, 0.3) is 5.91 Å². The van der Waals surface area contributed by atoms with E-state index in [0.717, 1.165) is 30.0 Å². The normalized spacial score (nSPS) is 10.4. The fourth-order valence-corrected chi connectivity index (χ4v) is 2.15. The molecule has 2 rings (SSSR count). The summed E-state index contributed by atoms with van der Waals surface area (Å²) in [6.45, 7) is 0.604. The largest absolute Gasteiger partial charge is 0.393 e. The highest BCUT2D eigenvalue weighted by Gasteiger charge is 2.10. The van der Waals surface area contributed by atoms with Crippen molar-refractivity contribution in [3.05, 3.63) is 42.2 Å². The number of carbonyl (C=O) groups excluding carboxylic acids is 1. The van der Waals surface area contributed by atoms with Gasteiger partial charge in [0.2, 0.25) is 0 Å². The van der Waals surface area contributed by atoms with E-state index in [1.54, 1.807) is 6.20 Å². The lowest BCUT2D eigenvalue weighted by Crippen LogP contribution is -2.25. The molecule has 104 valence electrons. The second-order valence-corrected chi connectivity index (χ2v) is 5.08. The summed E-state index contributed by atoms with van der Waals surface area (Å²) in [5.41, 5.74) is 5.89. The summed E-state index contributed by atoms with van der Waals surface area (Å²) in [5, 5.41) is 4.77. The number of rotatable bonds is 6. The summed E-state index contributed by atoms with van der Waals surface area (Å²) < 4.78 is 0. The van der Waals surface area contributed by atoms with Gasteiger partial charge in [0.15, 0.2) is 0 Å². The van der Waals surface area contributed by atoms with E-state index in [1.807, 2.05) is 30.3 Å². The van der Waals surface area contributed by atoms with Crippen molar-refractivity contribution in [2.24, 2.45) is 5.73 Å². The molecule has 0 aliphatic heterocycles. The minimum atomic E-state index is -0.142. The fourth-order valence-electron chi connectivity index (χ4n) is 2.01. The molecular formula is C15H17N3OS. The summed E-state index contributed by atoms with van der Waals surface area (Å²) in [5.74, 6) is -0.142. The lowest BCUT2D eigenvalue weighted by Gasteiger charge is -2.07. The third kappa shape index (κ3) is 3.74. The van der Waals surface area contributed by atoms with Crippen LogP contribution in [-0.2, 0) is 0 Å². The van der Waals surface area contributed by atoms with Crippen LogP contribution >= 0.6 is 12.2 Å². The van der Waals surface area contributed by atoms with E-state index in [1.165, 1.54) is 0 Å². The summed E-state index contributed by atoms with van der Waals surface area (Å²) in [6, 6.07) is 9.62. The van der Waals surface area contributed by atoms with E-state index in [0.29, 0.717) is 17.2 Å². The van der Waals surface area contributed by atoms with Crippen molar-refractivity contribution in [3.8, 4) is 0 Å². The van der Waals surface area contributed by atoms with E-state index in [2.05, 4.69) is 10.3 Å². The third-order valence-electron chi connectivity index (χ3n) is 3.02. The molecule has 20 heavy (non-hydrogen) atoms. The van der Waals surface area contributed by atoms with Crippen molar-refractivity contribution in [2.45, 2.75) is 19.3 Å². The fraction of sp³-hybridized carbons (Fsp3) is 0.267. The first kappa shape index (κ1) is 14.4. The van der Waals surface area contributed by atoms with Crippen molar-refractivity contribution in [3.63, 3.8) is 0 Å². The van der Waals surface area contributed by atoms with E-state index in [9.17, 15) is 4.79 Å². The van der Waals surface area contributed by atoms with Gasteiger partial charge in [0.1, 0.15) is 5.69 Å². The molecule has 0 bridgehead atoms. The average Bonchev–Trinajstić information content (AvgIpc) is 2.45. The molecule has 0 spiro atoms. The van der Waals surface area contributed by atoms with Crippen molar-refractivity contribution in [2.75, 3.05) is 6.54 Å². The lowest BCUT2D eigenvalue weighted by atomic mass is 10.1. The monoisotopic (exact) mass is 287 g/mol. The number of hydrogen-bond acceptors (Lipinski definition) is 3. The predicted molar refractivity (Wildman–Crippen MR) is 84.7 cm³/mol. The van der Waals surface area contributed by atoms with Gasteiger partial charge in [-0.3, -0.25) is 9.78 Å². The number of nitrogens with one attached hydrogen (secondary N) is 1. The molecule has 0 fully saturated rings. The molecule has 0 saturated heterocycles. The number of nitrogens with zero attached hydrogens (tertiary/aromatic N) is 1. The van der Waals surface area contributed by atoms with E-state index in [-0.39, 0.29) is 5.91 Å². The van der Waals surface area contributed by atoms with Gasteiger partial charge in [-0.1, -0.05) is 36.5 Å². The molecule has 2 aromatic rings. The molecule has 3 N–H and O–H groups in total. The summed E-state index contributed by atoms with van der Waals surface area (Å²) in [4.78, 5) is 16.8. The SMILES string of the molecule is NC(=S)CCCCNC(=O)c1nccc2ccccc12. The van der Waals surface area contributed by atoms with Crippen LogP contribution in [0.4, 0.5) is 0 Å². The predicted octanol–water partition coefficient (Wildman–Crippen LogP) is 2.42. The first-order valence-electron chi connectivity index (χ1n) is 6.59. The van der Waals surface area contributed by atoms with Gasteiger partial charge in [-0.05, 0) is 30.7 Å². The molecular weight excluding hydrogens is 270 g/mol. The van der Waals surface area contributed by atoms with Gasteiger partial charge in [0, 0.05) is 18.1 Å². The quantitative estimate of drug-likeness (QED) is 0.632. The molecule has 4 nitrogen and oxygen atoms in total. The standard InChI is InChI=1S/C15H17N3OS/c16-13(20)7-3-4-9-18-15(19)14-12-6-2-1-5-11(12)8-10-17-14/h1-2,5-6,8,10H,3-4,7,9H2,(H2,16,20)(H,18,19). The number of thiocarbonyl (C=S) groups is 1. The lowest BCUT2D eigenvalue weighted by molar-refractivity contribution is 0.0950. The molecule has 0 aliphatic rings. The van der Waals surface area contributed by atoms with Gasteiger partial charge < -0.3 is 11.1 Å². The molecule has 1 heterocycles. The van der Waals surface area contributed by atoms with Crippen LogP contribution in [-0.4, -0.2) is 22.4 Å². The molecule has 0 atom stereocenters. The highest BCUT2D eigenvalue weighted by atomic mass is 32.1. The van der Waals surface area contributed by atoms with Crippen LogP contribution in [0.15, 0.2) is 36.5 Å². The molecule has 0 aliphatic carbocycles. The molecule has 5 heteroatoms. The maximum Gasteiger partial charge on any atom is 0.270 e. The minimum Gasteiger partial charge on any atom is -0.393 e. The number of pyridine rings is 1. The number of amides is 1. The zero-order valence-electron chi connectivity index (χ0n) is 11.1. The van der Waals surface area contributed by atoms with Gasteiger partial charge in [-0.15, -0.1) is 0 Å². The van der Waals surface area contributed by atoms with Gasteiger partial charge >= 0.3 is 0 Å². The average molecular weight is 287 g/mol. The van der Waals surface area contributed by atoms with Crippen LogP contribution in [0.1, 0.15) is 29.8 Å². The molecule has 1 amide bonds. The van der Waals surface area contributed by atoms with Crippen LogP contribution in [0, 0.1) is 0 Å². The number of benzene rings is 1. The Kier molecular flexibility index (Phi) is 5.01. The second-order valence-electron chi connectivity index (χ2n) is 4.56. The Hall–Kier alpha value is -2.01. The Morgan fingerprint density at radius 2 is 2.05 bits per heavy atom. The zero-order chi connectivity index (χ0) is 14.4. The van der Waals surface area contributed by atoms with Gasteiger partial charge in [-0.2, -0.15) is 0 Å². The molecule has 0 saturated carbocycles. The third-order valence-corrected chi connectivity index (χ3v) is 3.23.